The number of piperidine rings is 1. The smallest absolute Gasteiger partial charge is 0.405 e. The summed E-state index contributed by atoms with van der Waals surface area (Å²) >= 11 is 6.31. The molecule has 2 aromatic rings. The minimum absolute atomic E-state index is 0.0124. The summed E-state index contributed by atoms with van der Waals surface area (Å²) in [5.41, 5.74) is 7.14. The minimum atomic E-state index is -0.737. The first-order valence-corrected chi connectivity index (χ1v) is 15.8. The van der Waals surface area contributed by atoms with E-state index in [-0.39, 0.29) is 24.3 Å². The molecule has 0 saturated carbocycles. The van der Waals surface area contributed by atoms with Gasteiger partial charge in [0.1, 0.15) is 11.4 Å². The fourth-order valence-corrected chi connectivity index (χ4v) is 6.19. The lowest BCUT2D eigenvalue weighted by molar-refractivity contribution is -0.121. The first-order chi connectivity index (χ1) is 20.6. The van der Waals surface area contributed by atoms with Crippen LogP contribution in [0.3, 0.4) is 0 Å². The molecule has 0 bridgehead atoms. The molecule has 0 atom stereocenters. The van der Waals surface area contributed by atoms with Crippen molar-refractivity contribution in [2.75, 3.05) is 44.2 Å². The van der Waals surface area contributed by atoms with E-state index in [1.165, 1.54) is 0 Å². The zero-order chi connectivity index (χ0) is 30.8. The molecular formula is C33H45ClN4O5. The average Bonchev–Trinajstić information content (AvgIpc) is 2.97. The van der Waals surface area contributed by atoms with Crippen LogP contribution in [0.2, 0.25) is 5.02 Å². The van der Waals surface area contributed by atoms with E-state index in [4.69, 9.17) is 26.8 Å². The van der Waals surface area contributed by atoms with Crippen molar-refractivity contribution >= 4 is 35.2 Å². The number of rotatable bonds is 14. The quantitative estimate of drug-likeness (QED) is 0.257. The van der Waals surface area contributed by atoms with Crippen molar-refractivity contribution in [2.45, 2.75) is 76.7 Å². The summed E-state index contributed by atoms with van der Waals surface area (Å²) < 4.78 is 10.7. The van der Waals surface area contributed by atoms with Gasteiger partial charge in [0, 0.05) is 30.2 Å². The van der Waals surface area contributed by atoms with Crippen LogP contribution in [0.4, 0.5) is 10.5 Å². The molecule has 234 valence electrons. The van der Waals surface area contributed by atoms with E-state index >= 15 is 0 Å². The summed E-state index contributed by atoms with van der Waals surface area (Å²) in [5.74, 6) is 0.946. The number of nitrogens with zero attached hydrogens (tertiary/aromatic N) is 2. The molecule has 43 heavy (non-hydrogen) atoms. The van der Waals surface area contributed by atoms with Crippen molar-refractivity contribution in [2.24, 2.45) is 5.73 Å². The first kappa shape index (κ1) is 32.6. The third kappa shape index (κ3) is 9.60. The van der Waals surface area contributed by atoms with E-state index in [2.05, 4.69) is 10.2 Å². The van der Waals surface area contributed by atoms with Gasteiger partial charge in [-0.2, -0.15) is 0 Å². The molecule has 0 aromatic heterocycles. The molecule has 10 heteroatoms. The summed E-state index contributed by atoms with van der Waals surface area (Å²) in [6.45, 7) is 7.66. The first-order valence-electron chi connectivity index (χ1n) is 15.4. The highest BCUT2D eigenvalue weighted by atomic mass is 35.5. The van der Waals surface area contributed by atoms with Gasteiger partial charge in [-0.3, -0.25) is 9.59 Å². The molecule has 4 rings (SSSR count). The second-order valence-electron chi connectivity index (χ2n) is 12.1. The third-order valence-corrected chi connectivity index (χ3v) is 8.59. The number of carbonyl (C=O) groups is 3. The number of para-hydroxylation sites is 2. The highest BCUT2D eigenvalue weighted by molar-refractivity contribution is 6.31. The molecular weight excluding hydrogens is 568 g/mol. The van der Waals surface area contributed by atoms with Crippen LogP contribution < -0.4 is 20.7 Å². The van der Waals surface area contributed by atoms with E-state index in [0.717, 1.165) is 88.0 Å². The van der Waals surface area contributed by atoms with Gasteiger partial charge in [0.2, 0.25) is 0 Å². The molecule has 3 N–H and O–H groups in total. The molecule has 1 saturated heterocycles. The van der Waals surface area contributed by atoms with Crippen LogP contribution in [0.15, 0.2) is 42.5 Å². The Morgan fingerprint density at radius 1 is 1.05 bits per heavy atom. The Morgan fingerprint density at radius 3 is 2.53 bits per heavy atom. The third-order valence-electron chi connectivity index (χ3n) is 8.35. The number of halogens is 1. The molecule has 2 aromatic carbocycles. The van der Waals surface area contributed by atoms with E-state index in [1.54, 1.807) is 6.07 Å². The van der Waals surface area contributed by atoms with Gasteiger partial charge in [-0.25, -0.2) is 4.79 Å². The predicted molar refractivity (Wildman–Crippen MR) is 169 cm³/mol. The van der Waals surface area contributed by atoms with Crippen LogP contribution in [0.25, 0.3) is 0 Å². The van der Waals surface area contributed by atoms with Crippen LogP contribution in [-0.2, 0) is 9.53 Å². The van der Waals surface area contributed by atoms with Gasteiger partial charge in [-0.1, -0.05) is 49.1 Å². The lowest BCUT2D eigenvalue weighted by Crippen LogP contribution is -2.45. The normalized spacial score (nSPS) is 16.0. The van der Waals surface area contributed by atoms with Gasteiger partial charge in [0.15, 0.2) is 6.61 Å². The Morgan fingerprint density at radius 2 is 1.77 bits per heavy atom. The number of hydrogen-bond acceptors (Lipinski definition) is 6. The number of anilines is 1. The zero-order valence-corrected chi connectivity index (χ0v) is 26.2. The van der Waals surface area contributed by atoms with Crippen molar-refractivity contribution in [1.29, 1.82) is 0 Å². The monoisotopic (exact) mass is 612 g/mol. The number of ether oxygens (including phenoxy) is 2. The highest BCUT2D eigenvalue weighted by Gasteiger charge is 2.28. The largest absolute Gasteiger partial charge is 0.482 e. The van der Waals surface area contributed by atoms with Crippen LogP contribution in [0.1, 0.15) is 87.1 Å². The molecule has 2 heterocycles. The molecule has 0 radical (unpaired) electrons. The second-order valence-corrected chi connectivity index (χ2v) is 12.5. The maximum Gasteiger partial charge on any atom is 0.405 e. The van der Waals surface area contributed by atoms with Gasteiger partial charge < -0.3 is 30.3 Å². The second kappa shape index (κ2) is 15.4. The van der Waals surface area contributed by atoms with Gasteiger partial charge >= 0.3 is 6.09 Å². The molecule has 3 amide bonds. The summed E-state index contributed by atoms with van der Waals surface area (Å²) in [4.78, 5) is 40.9. The van der Waals surface area contributed by atoms with Gasteiger partial charge in [0.25, 0.3) is 11.8 Å². The number of primary amides is 1. The fourth-order valence-electron chi connectivity index (χ4n) is 6.02. The molecule has 1 fully saturated rings. The highest BCUT2D eigenvalue weighted by Crippen LogP contribution is 2.33. The van der Waals surface area contributed by atoms with E-state index in [1.807, 2.05) is 55.1 Å². The predicted octanol–water partition coefficient (Wildman–Crippen LogP) is 5.89. The molecule has 0 aliphatic carbocycles. The van der Waals surface area contributed by atoms with E-state index in [0.29, 0.717) is 23.7 Å². The number of hydrogen-bond donors (Lipinski definition) is 2. The number of nitrogens with two attached hydrogens (primary N) is 1. The van der Waals surface area contributed by atoms with Crippen LogP contribution in [0, 0.1) is 0 Å². The van der Waals surface area contributed by atoms with Gasteiger partial charge in [0.05, 0.1) is 5.69 Å². The van der Waals surface area contributed by atoms with Crippen LogP contribution in [0.5, 0.6) is 5.75 Å². The number of carbonyl (C=O) groups excluding carboxylic acids is 3. The van der Waals surface area contributed by atoms with Crippen molar-refractivity contribution in [3.63, 3.8) is 0 Å². The zero-order valence-electron chi connectivity index (χ0n) is 25.4. The molecule has 2 aliphatic heterocycles. The van der Waals surface area contributed by atoms with E-state index in [9.17, 15) is 14.4 Å². The number of nitrogens with one attached hydrogen (secondary N) is 1. The molecule has 0 spiro atoms. The van der Waals surface area contributed by atoms with E-state index < -0.39 is 11.7 Å². The Labute approximate surface area is 260 Å². The maximum atomic E-state index is 13.2. The Hall–Kier alpha value is -3.30. The van der Waals surface area contributed by atoms with Crippen LogP contribution >= 0.6 is 11.6 Å². The van der Waals surface area contributed by atoms with Gasteiger partial charge in [-0.15, -0.1) is 0 Å². The standard InChI is InChI=1S/C33H45ClN4O5/c1-33(2,43-32(35)41)16-8-4-3-5-9-17-36-31(40)27-22-25(34)12-13-26(27)24-14-18-37(19-15-24)20-21-38-28-10-6-7-11-29(28)42-23-30(38)39/h6-7,10-13,22,24H,3-5,8-9,14-21,23H2,1-2H3,(H2,35,41)(H,36,40). The lowest BCUT2D eigenvalue weighted by atomic mass is 9.86. The fraction of sp³-hybridized carbons (Fsp3) is 0.545. The summed E-state index contributed by atoms with van der Waals surface area (Å²) in [5, 5.41) is 3.65. The molecule has 9 nitrogen and oxygen atoms in total. The summed E-state index contributed by atoms with van der Waals surface area (Å²) in [7, 11) is 0. The Balaban J connectivity index is 1.19. The topological polar surface area (TPSA) is 114 Å². The van der Waals surface area contributed by atoms with Crippen LogP contribution in [-0.4, -0.2) is 67.7 Å². The number of benzene rings is 2. The summed E-state index contributed by atoms with van der Waals surface area (Å²) in [6.07, 6.45) is 6.87. The van der Waals surface area contributed by atoms with Crippen molar-refractivity contribution < 1.29 is 23.9 Å². The van der Waals surface area contributed by atoms with Crippen molar-refractivity contribution in [1.82, 2.24) is 10.2 Å². The number of fused-ring (bicyclic) bond motifs is 1. The Bertz CT molecular complexity index is 1260. The van der Waals surface area contributed by atoms with Gasteiger partial charge in [-0.05, 0) is 94.8 Å². The average molecular weight is 613 g/mol. The summed E-state index contributed by atoms with van der Waals surface area (Å²) in [6, 6.07) is 13.3. The Kier molecular flexibility index (Phi) is 11.7. The van der Waals surface area contributed by atoms with Crippen molar-refractivity contribution in [3.05, 3.63) is 58.6 Å². The SMILES string of the molecule is CC(C)(CCCCCCCNC(=O)c1cc(Cl)ccc1C1CCN(CCN2C(=O)COc3ccccc32)CC1)OC(N)=O. The number of amides is 3. The minimum Gasteiger partial charge on any atom is -0.482 e. The number of unbranched alkanes of at least 4 members (excludes halogenated alkanes) is 4. The van der Waals surface area contributed by atoms with Crippen molar-refractivity contribution in [3.8, 4) is 5.75 Å². The molecule has 2 aliphatic rings. The lowest BCUT2D eigenvalue weighted by Gasteiger charge is -2.35. The maximum absolute atomic E-state index is 13.2. The number of likely N-dealkylation sites (tertiary alicyclic amines) is 1. The molecule has 0 unspecified atom stereocenters.